The Hall–Kier alpha value is -2.28. The molecule has 1 heteroatoms. The van der Waals surface area contributed by atoms with E-state index in [0.717, 1.165) is 0 Å². The fraction of sp³-hybridized carbons (Fsp3) is 0.158. The molecule has 1 aliphatic heterocycles. The van der Waals surface area contributed by atoms with Gasteiger partial charge in [-0.05, 0) is 30.5 Å². The summed E-state index contributed by atoms with van der Waals surface area (Å²) >= 11 is 0. The van der Waals surface area contributed by atoms with Crippen molar-refractivity contribution in [3.05, 3.63) is 89.1 Å². The Morgan fingerprint density at radius 2 is 1.60 bits per heavy atom. The topological polar surface area (TPSA) is 12.0 Å². The molecule has 0 saturated carbocycles. The minimum absolute atomic E-state index is 0.265. The maximum Gasteiger partial charge on any atom is 0.0696 e. The van der Waals surface area contributed by atoms with E-state index in [-0.39, 0.29) is 6.04 Å². The summed E-state index contributed by atoms with van der Waals surface area (Å²) in [4.78, 5) is 0. The quantitative estimate of drug-likeness (QED) is 0.836. The largest absolute Gasteiger partial charge is 0.380 e. The number of rotatable bonds is 2. The molecule has 0 aromatic heterocycles. The summed E-state index contributed by atoms with van der Waals surface area (Å²) in [6.45, 7) is 4.29. The first kappa shape index (κ1) is 12.7. The summed E-state index contributed by atoms with van der Waals surface area (Å²) in [6, 6.07) is 17.4. The van der Waals surface area contributed by atoms with Crippen molar-refractivity contribution in [2.45, 2.75) is 19.9 Å². The first-order valence-electron chi connectivity index (χ1n) is 7.00. The molecular formula is C19H19N. The van der Waals surface area contributed by atoms with Crippen LogP contribution < -0.4 is 5.32 Å². The van der Waals surface area contributed by atoms with Crippen molar-refractivity contribution in [1.82, 2.24) is 5.32 Å². The highest BCUT2D eigenvalue weighted by molar-refractivity contribution is 5.74. The zero-order chi connectivity index (χ0) is 13.9. The number of dihydropyridines is 1. The van der Waals surface area contributed by atoms with Crippen LogP contribution in [0.4, 0.5) is 0 Å². The molecular weight excluding hydrogens is 242 g/mol. The van der Waals surface area contributed by atoms with E-state index >= 15 is 0 Å². The predicted octanol–water partition coefficient (Wildman–Crippen LogP) is 4.55. The molecule has 100 valence electrons. The lowest BCUT2D eigenvalue weighted by Crippen LogP contribution is -2.16. The van der Waals surface area contributed by atoms with Gasteiger partial charge in [-0.15, -0.1) is 0 Å². The van der Waals surface area contributed by atoms with Crippen molar-refractivity contribution >= 4 is 5.57 Å². The van der Waals surface area contributed by atoms with Crippen LogP contribution in [0.2, 0.25) is 0 Å². The fourth-order valence-corrected chi connectivity index (χ4v) is 2.69. The zero-order valence-corrected chi connectivity index (χ0v) is 11.9. The Morgan fingerprint density at radius 3 is 2.20 bits per heavy atom. The molecule has 1 atom stereocenters. The van der Waals surface area contributed by atoms with Crippen LogP contribution in [0.5, 0.6) is 0 Å². The summed E-state index contributed by atoms with van der Waals surface area (Å²) in [5, 5.41) is 3.49. The number of nitrogens with one attached hydrogen (secondary N) is 1. The average Bonchev–Trinajstić information content (AvgIpc) is 2.47. The zero-order valence-electron chi connectivity index (χ0n) is 11.9. The van der Waals surface area contributed by atoms with Gasteiger partial charge in [0.05, 0.1) is 6.04 Å². The van der Waals surface area contributed by atoms with E-state index in [1.807, 2.05) is 6.07 Å². The molecule has 1 N–H and O–H groups in total. The number of aryl methyl sites for hydroxylation is 2. The fourth-order valence-electron chi connectivity index (χ4n) is 2.69. The first-order chi connectivity index (χ1) is 9.72. The molecule has 1 nitrogen and oxygen atoms in total. The highest BCUT2D eigenvalue weighted by atomic mass is 14.9. The molecule has 20 heavy (non-hydrogen) atoms. The van der Waals surface area contributed by atoms with Gasteiger partial charge in [-0.2, -0.15) is 0 Å². The molecule has 1 aliphatic rings. The standard InChI is InChI=1S/C19H19N/c1-14-10-15(2)12-18(11-14)19-9-8-17(13-20-19)16-6-4-3-5-7-16/h3-13,19-20H,1-2H3. The van der Waals surface area contributed by atoms with E-state index < -0.39 is 0 Å². The summed E-state index contributed by atoms with van der Waals surface area (Å²) in [7, 11) is 0. The number of hydrogen-bond acceptors (Lipinski definition) is 1. The summed E-state index contributed by atoms with van der Waals surface area (Å²) in [5.74, 6) is 0. The van der Waals surface area contributed by atoms with Gasteiger partial charge in [-0.25, -0.2) is 0 Å². The van der Waals surface area contributed by atoms with E-state index in [4.69, 9.17) is 0 Å². The van der Waals surface area contributed by atoms with E-state index in [0.29, 0.717) is 0 Å². The monoisotopic (exact) mass is 261 g/mol. The van der Waals surface area contributed by atoms with E-state index in [9.17, 15) is 0 Å². The third kappa shape index (κ3) is 2.67. The predicted molar refractivity (Wildman–Crippen MR) is 85.4 cm³/mol. The van der Waals surface area contributed by atoms with Gasteiger partial charge in [0.15, 0.2) is 0 Å². The van der Waals surface area contributed by atoms with Crippen molar-refractivity contribution in [3.8, 4) is 0 Å². The van der Waals surface area contributed by atoms with Gasteiger partial charge < -0.3 is 5.32 Å². The molecule has 3 rings (SSSR count). The molecule has 2 aromatic rings. The van der Waals surface area contributed by atoms with Crippen LogP contribution in [0.1, 0.15) is 28.3 Å². The van der Waals surface area contributed by atoms with Crippen LogP contribution in [0, 0.1) is 13.8 Å². The summed E-state index contributed by atoms with van der Waals surface area (Å²) in [5.41, 5.74) is 6.42. The lowest BCUT2D eigenvalue weighted by Gasteiger charge is -2.20. The number of benzene rings is 2. The second-order valence-corrected chi connectivity index (χ2v) is 5.39. The molecule has 0 amide bonds. The van der Waals surface area contributed by atoms with Crippen molar-refractivity contribution < 1.29 is 0 Å². The second-order valence-electron chi connectivity index (χ2n) is 5.39. The third-order valence-corrected chi connectivity index (χ3v) is 3.60. The van der Waals surface area contributed by atoms with Crippen molar-refractivity contribution in [2.75, 3.05) is 0 Å². The molecule has 2 aromatic carbocycles. The number of allylic oxidation sites excluding steroid dienone is 2. The van der Waals surface area contributed by atoms with Crippen LogP contribution in [0.15, 0.2) is 66.9 Å². The molecule has 0 aliphatic carbocycles. The minimum Gasteiger partial charge on any atom is -0.380 e. The highest BCUT2D eigenvalue weighted by Gasteiger charge is 2.11. The summed E-state index contributed by atoms with van der Waals surface area (Å²) in [6.07, 6.45) is 6.54. The smallest absolute Gasteiger partial charge is 0.0696 e. The van der Waals surface area contributed by atoms with Gasteiger partial charge in [0.1, 0.15) is 0 Å². The Balaban J connectivity index is 1.82. The van der Waals surface area contributed by atoms with Crippen LogP contribution >= 0.6 is 0 Å². The second kappa shape index (κ2) is 5.38. The Labute approximate surface area is 120 Å². The molecule has 0 fully saturated rings. The number of hydrogen-bond donors (Lipinski definition) is 1. The SMILES string of the molecule is Cc1cc(C)cc(C2C=CC(c3ccccc3)=CN2)c1. The first-order valence-corrected chi connectivity index (χ1v) is 7.00. The lowest BCUT2D eigenvalue weighted by molar-refractivity contribution is 0.747. The van der Waals surface area contributed by atoms with Crippen molar-refractivity contribution in [2.24, 2.45) is 0 Å². The van der Waals surface area contributed by atoms with Crippen LogP contribution in [-0.2, 0) is 0 Å². The highest BCUT2D eigenvalue weighted by Crippen LogP contribution is 2.25. The third-order valence-electron chi connectivity index (χ3n) is 3.60. The van der Waals surface area contributed by atoms with Crippen LogP contribution in [0.25, 0.3) is 5.57 Å². The van der Waals surface area contributed by atoms with Gasteiger partial charge in [-0.3, -0.25) is 0 Å². The molecule has 1 heterocycles. The normalized spacial score (nSPS) is 17.5. The maximum absolute atomic E-state index is 3.49. The van der Waals surface area contributed by atoms with E-state index in [1.54, 1.807) is 0 Å². The maximum atomic E-state index is 3.49. The van der Waals surface area contributed by atoms with Crippen molar-refractivity contribution in [1.29, 1.82) is 0 Å². The minimum atomic E-state index is 0.265. The van der Waals surface area contributed by atoms with E-state index in [2.05, 4.69) is 80.0 Å². The Bertz CT molecular complexity index is 645. The van der Waals surface area contributed by atoms with Gasteiger partial charge >= 0.3 is 0 Å². The summed E-state index contributed by atoms with van der Waals surface area (Å²) < 4.78 is 0. The van der Waals surface area contributed by atoms with Gasteiger partial charge in [-0.1, -0.05) is 71.8 Å². The van der Waals surface area contributed by atoms with Gasteiger partial charge in [0.25, 0.3) is 0 Å². The van der Waals surface area contributed by atoms with Gasteiger partial charge in [0, 0.05) is 6.20 Å². The molecule has 0 radical (unpaired) electrons. The molecule has 0 saturated heterocycles. The van der Waals surface area contributed by atoms with Crippen LogP contribution in [0.3, 0.4) is 0 Å². The Kier molecular flexibility index (Phi) is 3.42. The molecule has 1 unspecified atom stereocenters. The lowest BCUT2D eigenvalue weighted by atomic mass is 9.97. The van der Waals surface area contributed by atoms with Gasteiger partial charge in [0.2, 0.25) is 0 Å². The average molecular weight is 261 g/mol. The van der Waals surface area contributed by atoms with E-state index in [1.165, 1.54) is 27.8 Å². The molecule has 0 spiro atoms. The Morgan fingerprint density at radius 1 is 0.900 bits per heavy atom. The molecule has 0 bridgehead atoms. The van der Waals surface area contributed by atoms with Crippen molar-refractivity contribution in [3.63, 3.8) is 0 Å². The van der Waals surface area contributed by atoms with Crippen LogP contribution in [-0.4, -0.2) is 0 Å².